The van der Waals surface area contributed by atoms with Gasteiger partial charge in [0.15, 0.2) is 0 Å². The van der Waals surface area contributed by atoms with Crippen LogP contribution in [0.3, 0.4) is 0 Å². The van der Waals surface area contributed by atoms with Crippen LogP contribution < -0.4 is 5.32 Å². The maximum atomic E-state index is 4.36. The summed E-state index contributed by atoms with van der Waals surface area (Å²) in [4.78, 5) is 4.36. The van der Waals surface area contributed by atoms with Crippen LogP contribution in [0.25, 0.3) is 0 Å². The van der Waals surface area contributed by atoms with Crippen molar-refractivity contribution in [2.75, 3.05) is 12.4 Å². The van der Waals surface area contributed by atoms with Gasteiger partial charge in [0.2, 0.25) is 5.95 Å². The van der Waals surface area contributed by atoms with Gasteiger partial charge in [-0.3, -0.25) is 0 Å². The zero-order chi connectivity index (χ0) is 11.5. The van der Waals surface area contributed by atoms with Gasteiger partial charge >= 0.3 is 0 Å². The van der Waals surface area contributed by atoms with Gasteiger partial charge in [-0.05, 0) is 6.92 Å². The molecule has 0 aliphatic heterocycles. The summed E-state index contributed by atoms with van der Waals surface area (Å²) in [5.41, 5.74) is 1.02. The summed E-state index contributed by atoms with van der Waals surface area (Å²) in [6.07, 6.45) is 4.59. The molecule has 0 amide bonds. The fourth-order valence-electron chi connectivity index (χ4n) is 1.67. The molecule has 2 aromatic rings. The molecule has 0 fully saturated rings. The van der Waals surface area contributed by atoms with Gasteiger partial charge in [0.1, 0.15) is 12.2 Å². The van der Waals surface area contributed by atoms with E-state index in [2.05, 4.69) is 25.1 Å². The molecule has 16 heavy (non-hydrogen) atoms. The first-order valence-electron chi connectivity index (χ1n) is 5.25. The third-order valence-electron chi connectivity index (χ3n) is 2.50. The molecule has 0 saturated carbocycles. The maximum Gasteiger partial charge on any atom is 0.202 e. The van der Waals surface area contributed by atoms with Crippen molar-refractivity contribution in [2.45, 2.75) is 19.9 Å². The van der Waals surface area contributed by atoms with E-state index in [0.717, 1.165) is 30.4 Å². The van der Waals surface area contributed by atoms with Crippen molar-refractivity contribution >= 4 is 5.95 Å². The van der Waals surface area contributed by atoms with E-state index in [1.54, 1.807) is 6.33 Å². The molecule has 6 nitrogen and oxygen atoms in total. The van der Waals surface area contributed by atoms with Crippen molar-refractivity contribution < 1.29 is 0 Å². The lowest BCUT2D eigenvalue weighted by molar-refractivity contribution is 0.653. The number of imidazole rings is 1. The van der Waals surface area contributed by atoms with Crippen LogP contribution in [0.2, 0.25) is 0 Å². The Morgan fingerprint density at radius 1 is 1.44 bits per heavy atom. The predicted octanol–water partition coefficient (Wildman–Crippen LogP) is 0.604. The molecular weight excluding hydrogens is 204 g/mol. The van der Waals surface area contributed by atoms with E-state index >= 15 is 0 Å². The topological polar surface area (TPSA) is 60.6 Å². The summed E-state index contributed by atoms with van der Waals surface area (Å²) in [5.74, 6) is 1.87. The van der Waals surface area contributed by atoms with Gasteiger partial charge < -0.3 is 14.5 Å². The molecular formula is C10H16N6. The Balaban J connectivity index is 2.07. The number of aryl methyl sites for hydroxylation is 4. The zero-order valence-corrected chi connectivity index (χ0v) is 9.80. The van der Waals surface area contributed by atoms with Crippen LogP contribution in [0, 0.1) is 6.92 Å². The second-order valence-corrected chi connectivity index (χ2v) is 3.76. The summed E-state index contributed by atoms with van der Waals surface area (Å²) < 4.78 is 4.02. The summed E-state index contributed by atoms with van der Waals surface area (Å²) in [6, 6.07) is 0. The van der Waals surface area contributed by atoms with Gasteiger partial charge in [-0.25, -0.2) is 4.98 Å². The summed E-state index contributed by atoms with van der Waals surface area (Å²) in [7, 11) is 3.83. The smallest absolute Gasteiger partial charge is 0.202 e. The average molecular weight is 220 g/mol. The third kappa shape index (κ3) is 2.05. The van der Waals surface area contributed by atoms with Crippen molar-refractivity contribution in [1.29, 1.82) is 0 Å². The minimum absolute atomic E-state index is 0.848. The first-order valence-corrected chi connectivity index (χ1v) is 5.25. The van der Waals surface area contributed by atoms with Crippen molar-refractivity contribution in [3.8, 4) is 0 Å². The highest BCUT2D eigenvalue weighted by molar-refractivity contribution is 5.27. The molecule has 0 aliphatic carbocycles. The van der Waals surface area contributed by atoms with Crippen LogP contribution in [0.15, 0.2) is 12.5 Å². The van der Waals surface area contributed by atoms with Gasteiger partial charge in [0, 0.05) is 33.3 Å². The van der Waals surface area contributed by atoms with E-state index in [9.17, 15) is 0 Å². The van der Waals surface area contributed by atoms with Gasteiger partial charge in [-0.15, -0.1) is 10.2 Å². The highest BCUT2D eigenvalue weighted by Gasteiger charge is 2.05. The van der Waals surface area contributed by atoms with E-state index in [-0.39, 0.29) is 0 Å². The predicted molar refractivity (Wildman–Crippen MR) is 61.2 cm³/mol. The number of nitrogens with zero attached hydrogens (tertiary/aromatic N) is 5. The molecule has 0 spiro atoms. The molecule has 0 aromatic carbocycles. The van der Waals surface area contributed by atoms with Gasteiger partial charge in [0.05, 0.1) is 5.69 Å². The van der Waals surface area contributed by atoms with Crippen molar-refractivity contribution in [2.24, 2.45) is 7.05 Å². The zero-order valence-electron chi connectivity index (χ0n) is 9.80. The number of anilines is 1. The SMILES string of the molecule is CNc1nc(C)cn1CCc1nncn1C. The molecule has 0 saturated heterocycles. The molecule has 2 aromatic heterocycles. The Kier molecular flexibility index (Phi) is 2.89. The van der Waals surface area contributed by atoms with E-state index in [1.807, 2.05) is 31.8 Å². The monoisotopic (exact) mass is 220 g/mol. The number of rotatable bonds is 4. The lowest BCUT2D eigenvalue weighted by Crippen LogP contribution is -2.07. The Bertz CT molecular complexity index is 469. The number of aromatic nitrogens is 5. The van der Waals surface area contributed by atoms with Gasteiger partial charge in [0.25, 0.3) is 0 Å². The highest BCUT2D eigenvalue weighted by atomic mass is 15.3. The molecule has 0 radical (unpaired) electrons. The molecule has 2 rings (SSSR count). The number of nitrogens with one attached hydrogen (secondary N) is 1. The lowest BCUT2D eigenvalue weighted by atomic mass is 10.4. The van der Waals surface area contributed by atoms with Crippen LogP contribution in [-0.2, 0) is 20.0 Å². The molecule has 1 N–H and O–H groups in total. The number of hydrogen-bond donors (Lipinski definition) is 1. The van der Waals surface area contributed by atoms with Gasteiger partial charge in [-0.1, -0.05) is 0 Å². The second-order valence-electron chi connectivity index (χ2n) is 3.76. The Morgan fingerprint density at radius 3 is 2.88 bits per heavy atom. The molecule has 0 aliphatic rings. The highest BCUT2D eigenvalue weighted by Crippen LogP contribution is 2.08. The lowest BCUT2D eigenvalue weighted by Gasteiger charge is -2.06. The van der Waals surface area contributed by atoms with E-state index < -0.39 is 0 Å². The van der Waals surface area contributed by atoms with Crippen LogP contribution in [0.4, 0.5) is 5.95 Å². The minimum Gasteiger partial charge on any atom is -0.359 e. The van der Waals surface area contributed by atoms with Crippen LogP contribution in [0.1, 0.15) is 11.5 Å². The fourth-order valence-corrected chi connectivity index (χ4v) is 1.67. The molecule has 0 bridgehead atoms. The summed E-state index contributed by atoms with van der Waals surface area (Å²) in [5, 5.41) is 11.0. The van der Waals surface area contributed by atoms with Crippen molar-refractivity contribution in [3.63, 3.8) is 0 Å². The van der Waals surface area contributed by atoms with Crippen LogP contribution >= 0.6 is 0 Å². The van der Waals surface area contributed by atoms with Crippen LogP contribution in [-0.4, -0.2) is 31.4 Å². The van der Waals surface area contributed by atoms with Crippen molar-refractivity contribution in [3.05, 3.63) is 24.0 Å². The van der Waals surface area contributed by atoms with Crippen molar-refractivity contribution in [1.82, 2.24) is 24.3 Å². The minimum atomic E-state index is 0.848. The normalized spacial score (nSPS) is 10.7. The molecule has 6 heteroatoms. The standard InChI is InChI=1S/C10H16N6/c1-8-6-16(10(11-2)13-8)5-4-9-14-12-7-15(9)3/h6-7H,4-5H2,1-3H3,(H,11,13). The molecule has 2 heterocycles. The Morgan fingerprint density at radius 2 is 2.25 bits per heavy atom. The Hall–Kier alpha value is -1.85. The number of hydrogen-bond acceptors (Lipinski definition) is 4. The largest absolute Gasteiger partial charge is 0.359 e. The Labute approximate surface area is 94.3 Å². The maximum absolute atomic E-state index is 4.36. The first-order chi connectivity index (χ1) is 7.70. The molecule has 0 atom stereocenters. The van der Waals surface area contributed by atoms with E-state index in [0.29, 0.717) is 0 Å². The second kappa shape index (κ2) is 4.34. The van der Waals surface area contributed by atoms with E-state index in [1.165, 1.54) is 0 Å². The fraction of sp³-hybridized carbons (Fsp3) is 0.500. The average Bonchev–Trinajstić information content (AvgIpc) is 2.81. The first kappa shape index (κ1) is 10.7. The van der Waals surface area contributed by atoms with Crippen LogP contribution in [0.5, 0.6) is 0 Å². The molecule has 86 valence electrons. The molecule has 0 unspecified atom stereocenters. The van der Waals surface area contributed by atoms with Gasteiger partial charge in [-0.2, -0.15) is 0 Å². The van der Waals surface area contributed by atoms with E-state index in [4.69, 9.17) is 0 Å². The summed E-state index contributed by atoms with van der Waals surface area (Å²) >= 11 is 0. The quantitative estimate of drug-likeness (QED) is 0.820. The summed E-state index contributed by atoms with van der Waals surface area (Å²) in [6.45, 7) is 2.84. The third-order valence-corrected chi connectivity index (χ3v) is 2.50.